The monoisotopic (exact) mass is 398 g/mol. The number of carbonyl (C=O) groups is 1. The van der Waals surface area contributed by atoms with Gasteiger partial charge < -0.3 is 15.0 Å². The molecule has 5 nitrogen and oxygen atoms in total. The Morgan fingerprint density at radius 1 is 1.20 bits per heavy atom. The van der Waals surface area contributed by atoms with Crippen LogP contribution in [0.5, 0.6) is 5.75 Å². The second-order valence-electron chi connectivity index (χ2n) is 5.94. The van der Waals surface area contributed by atoms with Crippen molar-refractivity contribution in [2.45, 2.75) is 12.5 Å². The maximum atomic E-state index is 12.9. The molecule has 6 heteroatoms. The van der Waals surface area contributed by atoms with Gasteiger partial charge in [-0.15, -0.1) is 0 Å². The van der Waals surface area contributed by atoms with Crippen molar-refractivity contribution in [2.75, 3.05) is 6.61 Å². The topological polar surface area (TPSA) is 71.2 Å². The highest BCUT2D eigenvalue weighted by Crippen LogP contribution is 2.34. The molecule has 2 aromatic carbocycles. The summed E-state index contributed by atoms with van der Waals surface area (Å²) in [4.78, 5) is 27.5. The van der Waals surface area contributed by atoms with E-state index < -0.39 is 0 Å². The van der Waals surface area contributed by atoms with Crippen LogP contribution < -0.4 is 15.6 Å². The highest BCUT2D eigenvalue weighted by atomic mass is 79.9. The van der Waals surface area contributed by atoms with Crippen LogP contribution in [-0.2, 0) is 0 Å². The lowest BCUT2D eigenvalue weighted by Gasteiger charge is -2.27. The molecular formula is C19H15BrN2O3. The van der Waals surface area contributed by atoms with Gasteiger partial charge >= 0.3 is 0 Å². The van der Waals surface area contributed by atoms with E-state index in [0.717, 1.165) is 21.2 Å². The zero-order valence-corrected chi connectivity index (χ0v) is 14.8. The van der Waals surface area contributed by atoms with Crippen molar-refractivity contribution in [3.63, 3.8) is 0 Å². The van der Waals surface area contributed by atoms with Crippen LogP contribution in [0.2, 0.25) is 0 Å². The van der Waals surface area contributed by atoms with E-state index in [9.17, 15) is 9.59 Å². The lowest BCUT2D eigenvalue weighted by molar-refractivity contribution is 0.0926. The zero-order chi connectivity index (χ0) is 17.4. The lowest BCUT2D eigenvalue weighted by atomic mass is 9.99. The third kappa shape index (κ3) is 3.05. The SMILES string of the molecule is O=C(NC1CCOc2ccc(Br)cc21)c1cc(=O)[nH]c2ccccc12. The number of aromatic nitrogens is 1. The standard InChI is InChI=1S/C19H15BrN2O3/c20-11-5-6-17-14(9-11)16(7-8-25-17)22-19(24)13-10-18(23)21-15-4-2-1-3-12(13)15/h1-6,9-10,16H,7-8H2,(H,21,23)(H,22,24). The van der Waals surface area contributed by atoms with E-state index in [1.807, 2.05) is 36.4 Å². The van der Waals surface area contributed by atoms with Crippen LogP contribution in [0.4, 0.5) is 0 Å². The molecule has 0 bridgehead atoms. The lowest BCUT2D eigenvalue weighted by Crippen LogP contribution is -2.33. The van der Waals surface area contributed by atoms with E-state index in [1.165, 1.54) is 6.07 Å². The highest BCUT2D eigenvalue weighted by Gasteiger charge is 2.24. The van der Waals surface area contributed by atoms with Crippen molar-refractivity contribution < 1.29 is 9.53 Å². The number of aromatic amines is 1. The number of para-hydroxylation sites is 1. The highest BCUT2D eigenvalue weighted by molar-refractivity contribution is 9.10. The maximum Gasteiger partial charge on any atom is 0.252 e. The molecule has 1 aromatic heterocycles. The number of benzene rings is 2. The van der Waals surface area contributed by atoms with Crippen molar-refractivity contribution in [1.29, 1.82) is 0 Å². The largest absolute Gasteiger partial charge is 0.493 e. The van der Waals surface area contributed by atoms with Gasteiger partial charge in [0.1, 0.15) is 5.75 Å². The van der Waals surface area contributed by atoms with Crippen LogP contribution in [0, 0.1) is 0 Å². The molecule has 1 unspecified atom stereocenters. The number of pyridine rings is 1. The second kappa shape index (κ2) is 6.37. The Kier molecular flexibility index (Phi) is 4.05. The van der Waals surface area contributed by atoms with Crippen LogP contribution in [0.1, 0.15) is 28.4 Å². The molecule has 0 aliphatic carbocycles. The number of carbonyl (C=O) groups excluding carboxylic acids is 1. The first-order chi connectivity index (χ1) is 12.1. The van der Waals surface area contributed by atoms with E-state index >= 15 is 0 Å². The molecule has 25 heavy (non-hydrogen) atoms. The molecule has 0 radical (unpaired) electrons. The molecule has 3 aromatic rings. The summed E-state index contributed by atoms with van der Waals surface area (Å²) >= 11 is 3.46. The number of rotatable bonds is 2. The van der Waals surface area contributed by atoms with Gasteiger partial charge in [-0.2, -0.15) is 0 Å². The summed E-state index contributed by atoms with van der Waals surface area (Å²) in [6.45, 7) is 0.537. The van der Waals surface area contributed by atoms with Gasteiger partial charge in [-0.25, -0.2) is 0 Å². The minimum atomic E-state index is -0.293. The molecule has 0 spiro atoms. The molecule has 0 fully saturated rings. The molecule has 1 atom stereocenters. The third-order valence-electron chi connectivity index (χ3n) is 4.31. The summed E-state index contributed by atoms with van der Waals surface area (Å²) in [6, 6.07) is 14.2. The number of halogens is 1. The van der Waals surface area contributed by atoms with E-state index in [2.05, 4.69) is 26.2 Å². The summed E-state index contributed by atoms with van der Waals surface area (Å²) in [5, 5.41) is 3.77. The summed E-state index contributed by atoms with van der Waals surface area (Å²) in [6.07, 6.45) is 0.677. The van der Waals surface area contributed by atoms with Crippen molar-refractivity contribution in [3.8, 4) is 5.75 Å². The fourth-order valence-corrected chi connectivity index (χ4v) is 3.52. The Morgan fingerprint density at radius 3 is 2.92 bits per heavy atom. The van der Waals surface area contributed by atoms with E-state index in [1.54, 1.807) is 6.07 Å². The molecule has 0 saturated heterocycles. The van der Waals surface area contributed by atoms with Crippen molar-refractivity contribution in [3.05, 3.63) is 74.5 Å². The van der Waals surface area contributed by atoms with E-state index in [4.69, 9.17) is 4.74 Å². The molecule has 2 heterocycles. The number of ether oxygens (including phenoxy) is 1. The van der Waals surface area contributed by atoms with E-state index in [0.29, 0.717) is 24.1 Å². The smallest absolute Gasteiger partial charge is 0.252 e. The molecule has 1 aliphatic heterocycles. The van der Waals surface area contributed by atoms with Gasteiger partial charge in [0.15, 0.2) is 0 Å². The quantitative estimate of drug-likeness (QED) is 0.693. The number of H-pyrrole nitrogens is 1. The summed E-state index contributed by atoms with van der Waals surface area (Å²) in [5.41, 5.74) is 1.67. The first-order valence-corrected chi connectivity index (χ1v) is 8.76. The molecular weight excluding hydrogens is 384 g/mol. The third-order valence-corrected chi connectivity index (χ3v) is 4.81. The fourth-order valence-electron chi connectivity index (χ4n) is 3.14. The van der Waals surface area contributed by atoms with Crippen LogP contribution in [0.15, 0.2) is 57.8 Å². The van der Waals surface area contributed by atoms with Gasteiger partial charge in [0.2, 0.25) is 5.56 Å². The first-order valence-electron chi connectivity index (χ1n) is 7.97. The number of hydrogen-bond acceptors (Lipinski definition) is 3. The predicted octanol–water partition coefficient (Wildman–Crippen LogP) is 3.54. The summed E-state index contributed by atoms with van der Waals surface area (Å²) < 4.78 is 6.59. The van der Waals surface area contributed by atoms with Crippen molar-refractivity contribution in [2.24, 2.45) is 0 Å². The van der Waals surface area contributed by atoms with Crippen LogP contribution >= 0.6 is 15.9 Å². The molecule has 126 valence electrons. The van der Waals surface area contributed by atoms with E-state index in [-0.39, 0.29) is 17.5 Å². The molecule has 4 rings (SSSR count). The molecule has 0 saturated carbocycles. The number of amides is 1. The Morgan fingerprint density at radius 2 is 2.04 bits per heavy atom. The van der Waals surface area contributed by atoms with Crippen LogP contribution in [-0.4, -0.2) is 17.5 Å². The molecule has 1 aliphatic rings. The Bertz CT molecular complexity index is 1030. The Hall–Kier alpha value is -2.60. The van der Waals surface area contributed by atoms with Gasteiger partial charge in [-0.1, -0.05) is 34.1 Å². The summed E-state index contributed by atoms with van der Waals surface area (Å²) in [7, 11) is 0. The van der Waals surface area contributed by atoms with Gasteiger partial charge in [0, 0.05) is 33.4 Å². The van der Waals surface area contributed by atoms with Gasteiger partial charge in [0.25, 0.3) is 5.91 Å². The predicted molar refractivity (Wildman–Crippen MR) is 99.0 cm³/mol. The maximum absolute atomic E-state index is 12.9. The minimum absolute atomic E-state index is 0.160. The van der Waals surface area contributed by atoms with Crippen molar-refractivity contribution >= 4 is 32.7 Å². The van der Waals surface area contributed by atoms with Crippen molar-refractivity contribution in [1.82, 2.24) is 10.3 Å². The minimum Gasteiger partial charge on any atom is -0.493 e. The van der Waals surface area contributed by atoms with Crippen LogP contribution in [0.25, 0.3) is 10.9 Å². The number of fused-ring (bicyclic) bond motifs is 2. The fraction of sp³-hybridized carbons (Fsp3) is 0.158. The Balaban J connectivity index is 1.71. The Labute approximate surface area is 152 Å². The average Bonchev–Trinajstić information content (AvgIpc) is 2.61. The van der Waals surface area contributed by atoms with Gasteiger partial charge in [0.05, 0.1) is 18.2 Å². The normalized spacial score (nSPS) is 16.1. The molecule has 1 amide bonds. The van der Waals surface area contributed by atoms with Crippen LogP contribution in [0.3, 0.4) is 0 Å². The number of nitrogens with one attached hydrogen (secondary N) is 2. The number of hydrogen-bond donors (Lipinski definition) is 2. The van der Waals surface area contributed by atoms with Gasteiger partial charge in [-0.05, 0) is 24.3 Å². The first kappa shape index (κ1) is 15.9. The second-order valence-corrected chi connectivity index (χ2v) is 6.85. The molecule has 2 N–H and O–H groups in total. The summed E-state index contributed by atoms with van der Waals surface area (Å²) in [5.74, 6) is 0.510. The zero-order valence-electron chi connectivity index (χ0n) is 13.2. The average molecular weight is 399 g/mol. The van der Waals surface area contributed by atoms with Gasteiger partial charge in [-0.3, -0.25) is 9.59 Å².